The van der Waals surface area contributed by atoms with Crippen LogP contribution in [-0.4, -0.2) is 17.6 Å². The molecule has 36 heavy (non-hydrogen) atoms. The molecule has 1 N–H and O–H groups in total. The van der Waals surface area contributed by atoms with E-state index >= 15 is 0 Å². The summed E-state index contributed by atoms with van der Waals surface area (Å²) in [5, 5.41) is 12.8. The van der Waals surface area contributed by atoms with Gasteiger partial charge in [0.25, 0.3) is 11.5 Å². The highest BCUT2D eigenvalue weighted by Crippen LogP contribution is 2.18. The average Bonchev–Trinajstić information content (AvgIpc) is 3.20. The fourth-order valence-electron chi connectivity index (χ4n) is 3.68. The van der Waals surface area contributed by atoms with Gasteiger partial charge in [-0.2, -0.15) is 5.26 Å². The Morgan fingerprint density at radius 2 is 1.78 bits per heavy atom. The summed E-state index contributed by atoms with van der Waals surface area (Å²) in [7, 11) is 1.58. The van der Waals surface area contributed by atoms with E-state index in [1.165, 1.54) is 4.57 Å². The Kier molecular flexibility index (Phi) is 7.47. The molecule has 0 spiro atoms. The molecular weight excluding hydrogens is 470 g/mol. The minimum absolute atomic E-state index is 0.140. The number of benzene rings is 3. The fraction of sp³-hybridized carbons (Fsp3) is 0.138. The lowest BCUT2D eigenvalue weighted by Crippen LogP contribution is -2.32. The van der Waals surface area contributed by atoms with Crippen LogP contribution in [-0.2, 0) is 4.79 Å². The second kappa shape index (κ2) is 10.9. The van der Waals surface area contributed by atoms with Crippen LogP contribution < -0.4 is 24.8 Å². The van der Waals surface area contributed by atoms with Crippen molar-refractivity contribution in [2.45, 2.75) is 19.8 Å². The van der Waals surface area contributed by atoms with E-state index in [2.05, 4.69) is 19.2 Å². The Balaban J connectivity index is 1.88. The number of methoxy groups -OCH3 is 1. The number of amides is 1. The first-order valence-electron chi connectivity index (χ1n) is 11.4. The van der Waals surface area contributed by atoms with Crippen molar-refractivity contribution in [1.29, 1.82) is 5.26 Å². The summed E-state index contributed by atoms with van der Waals surface area (Å²) in [6.07, 6.45) is 1.73. The molecule has 0 saturated heterocycles. The van der Waals surface area contributed by atoms with Gasteiger partial charge in [-0.25, -0.2) is 0 Å². The van der Waals surface area contributed by atoms with Crippen LogP contribution in [0.2, 0.25) is 0 Å². The van der Waals surface area contributed by atoms with Crippen LogP contribution in [0.1, 0.15) is 30.9 Å². The van der Waals surface area contributed by atoms with Crippen LogP contribution in [0.5, 0.6) is 5.75 Å². The normalized spacial score (nSPS) is 12.2. The molecule has 1 aromatic heterocycles. The van der Waals surface area contributed by atoms with Crippen LogP contribution in [0, 0.1) is 11.3 Å². The zero-order valence-corrected chi connectivity index (χ0v) is 21.0. The van der Waals surface area contributed by atoms with Gasteiger partial charge in [0.15, 0.2) is 5.57 Å². The molecule has 0 saturated carbocycles. The van der Waals surface area contributed by atoms with E-state index in [0.717, 1.165) is 22.5 Å². The van der Waals surface area contributed by atoms with E-state index in [1.54, 1.807) is 37.5 Å². The summed E-state index contributed by atoms with van der Waals surface area (Å²) in [4.78, 5) is 26.7. The van der Waals surface area contributed by atoms with Crippen molar-refractivity contribution in [1.82, 2.24) is 4.57 Å². The smallest absolute Gasteiger partial charge is 0.273 e. The van der Waals surface area contributed by atoms with E-state index in [0.29, 0.717) is 27.6 Å². The van der Waals surface area contributed by atoms with Gasteiger partial charge < -0.3 is 10.1 Å². The van der Waals surface area contributed by atoms with E-state index in [4.69, 9.17) is 4.74 Å². The molecule has 1 amide bonds. The molecule has 0 aliphatic carbocycles. The van der Waals surface area contributed by atoms with Gasteiger partial charge in [0.2, 0.25) is 0 Å². The number of nitrogens with zero attached hydrogens (tertiary/aromatic N) is 2. The Hall–Kier alpha value is -4.41. The van der Waals surface area contributed by atoms with Crippen LogP contribution in [0.3, 0.4) is 0 Å². The maximum absolute atomic E-state index is 13.5. The molecule has 1 heterocycles. The minimum atomic E-state index is -0.575. The summed E-state index contributed by atoms with van der Waals surface area (Å²) < 4.78 is 7.35. The molecule has 0 aliphatic heterocycles. The van der Waals surface area contributed by atoms with Crippen molar-refractivity contribution in [3.05, 3.63) is 110 Å². The summed E-state index contributed by atoms with van der Waals surface area (Å²) >= 11 is 1.10. The van der Waals surface area contributed by atoms with Gasteiger partial charge in [-0.1, -0.05) is 56.3 Å². The van der Waals surface area contributed by atoms with E-state index < -0.39 is 5.91 Å². The van der Waals surface area contributed by atoms with Crippen LogP contribution in [0.4, 0.5) is 5.69 Å². The number of nitrogens with one attached hydrogen (secondary N) is 1. The van der Waals surface area contributed by atoms with E-state index in [9.17, 15) is 14.9 Å². The lowest BCUT2D eigenvalue weighted by molar-refractivity contribution is -0.111. The number of hydrogen-bond donors (Lipinski definition) is 1. The lowest BCUT2D eigenvalue weighted by atomic mass is 10.0. The summed E-state index contributed by atoms with van der Waals surface area (Å²) in [5.41, 5.74) is 2.61. The van der Waals surface area contributed by atoms with E-state index in [-0.39, 0.29) is 15.8 Å². The molecule has 0 radical (unpaired) electrons. The first-order valence-corrected chi connectivity index (χ1v) is 12.2. The zero-order valence-electron chi connectivity index (χ0n) is 20.2. The number of rotatable bonds is 6. The number of hydrogen-bond acceptors (Lipinski definition) is 5. The van der Waals surface area contributed by atoms with Crippen LogP contribution in [0.25, 0.3) is 17.3 Å². The van der Waals surface area contributed by atoms with Gasteiger partial charge in [-0.05, 0) is 59.5 Å². The number of anilines is 1. The van der Waals surface area contributed by atoms with Gasteiger partial charge in [-0.3, -0.25) is 14.2 Å². The lowest BCUT2D eigenvalue weighted by Gasteiger charge is -2.08. The summed E-state index contributed by atoms with van der Waals surface area (Å²) in [6, 6.07) is 25.8. The number of para-hydroxylation sites is 1. The molecule has 4 aromatic rings. The van der Waals surface area contributed by atoms with Crippen LogP contribution in [0.15, 0.2) is 83.7 Å². The summed E-state index contributed by atoms with van der Waals surface area (Å²) in [6.45, 7) is 4.18. The maximum atomic E-state index is 13.5. The number of carbonyl (C=O) groups is 1. The SMILES string of the molecule is COc1cccc(C=c2sc(=C(C#N)C(=O)Nc3ccc(C(C)C)cc3)n(-c3ccccc3)c2=O)c1. The molecule has 180 valence electrons. The van der Waals surface area contributed by atoms with Gasteiger partial charge in [0, 0.05) is 5.69 Å². The Bertz CT molecular complexity index is 1610. The first kappa shape index (κ1) is 24.7. The summed E-state index contributed by atoms with van der Waals surface area (Å²) in [5.74, 6) is 0.450. The third-order valence-corrected chi connectivity index (χ3v) is 6.71. The van der Waals surface area contributed by atoms with E-state index in [1.807, 2.05) is 60.7 Å². The second-order valence-electron chi connectivity index (χ2n) is 8.39. The number of carbonyl (C=O) groups excluding carboxylic acids is 1. The number of ether oxygens (including phenoxy) is 1. The highest BCUT2D eigenvalue weighted by atomic mass is 32.1. The van der Waals surface area contributed by atoms with Gasteiger partial charge >= 0.3 is 0 Å². The van der Waals surface area contributed by atoms with Crippen molar-refractivity contribution < 1.29 is 9.53 Å². The van der Waals surface area contributed by atoms with Gasteiger partial charge in [0.05, 0.1) is 17.3 Å². The Morgan fingerprint density at radius 3 is 2.42 bits per heavy atom. The maximum Gasteiger partial charge on any atom is 0.273 e. The molecule has 0 bridgehead atoms. The zero-order chi connectivity index (χ0) is 25.7. The Labute approximate surface area is 213 Å². The molecule has 0 unspecified atom stereocenters. The number of nitriles is 1. The monoisotopic (exact) mass is 495 g/mol. The molecule has 0 atom stereocenters. The predicted octanol–water partition coefficient (Wildman–Crippen LogP) is 4.17. The highest BCUT2D eigenvalue weighted by molar-refractivity contribution is 7.07. The Morgan fingerprint density at radius 1 is 1.06 bits per heavy atom. The van der Waals surface area contributed by atoms with Crippen LogP contribution >= 0.6 is 11.3 Å². The molecule has 4 rings (SSSR count). The van der Waals surface area contributed by atoms with Crippen molar-refractivity contribution in [3.8, 4) is 17.5 Å². The minimum Gasteiger partial charge on any atom is -0.497 e. The molecule has 6 nitrogen and oxygen atoms in total. The standard InChI is InChI=1S/C29H25N3O3S/c1-19(2)21-12-14-22(15-13-21)31-27(33)25(18-30)29-32(23-9-5-4-6-10-23)28(34)26(36-29)17-20-8-7-11-24(16-20)35-3/h4-17,19H,1-3H3,(H,31,33). The second-order valence-corrected chi connectivity index (χ2v) is 9.42. The molecule has 3 aromatic carbocycles. The van der Waals surface area contributed by atoms with Gasteiger partial charge in [-0.15, -0.1) is 11.3 Å². The van der Waals surface area contributed by atoms with Crippen molar-refractivity contribution in [3.63, 3.8) is 0 Å². The quantitative estimate of drug-likeness (QED) is 0.435. The fourth-order valence-corrected chi connectivity index (χ4v) is 4.79. The topological polar surface area (TPSA) is 84.1 Å². The number of aromatic nitrogens is 1. The third kappa shape index (κ3) is 5.29. The van der Waals surface area contributed by atoms with Crippen molar-refractivity contribution >= 4 is 34.6 Å². The first-order chi connectivity index (χ1) is 17.4. The van der Waals surface area contributed by atoms with Crippen molar-refractivity contribution in [2.24, 2.45) is 0 Å². The molecule has 0 fully saturated rings. The van der Waals surface area contributed by atoms with Gasteiger partial charge in [0.1, 0.15) is 16.5 Å². The largest absolute Gasteiger partial charge is 0.497 e. The number of thiazole rings is 1. The third-order valence-electron chi connectivity index (χ3n) is 5.62. The molecule has 0 aliphatic rings. The van der Waals surface area contributed by atoms with Crippen molar-refractivity contribution in [2.75, 3.05) is 12.4 Å². The highest BCUT2D eigenvalue weighted by Gasteiger charge is 2.17. The molecule has 7 heteroatoms. The molecular formula is C29H25N3O3S. The predicted molar refractivity (Wildman–Crippen MR) is 144 cm³/mol. The average molecular weight is 496 g/mol.